The number of benzene rings is 1. The topological polar surface area (TPSA) is 41.1 Å². The van der Waals surface area contributed by atoms with Crippen LogP contribution in [0.4, 0.5) is 5.69 Å². The van der Waals surface area contributed by atoms with E-state index >= 15 is 0 Å². The molecule has 1 aromatic heterocycles. The summed E-state index contributed by atoms with van der Waals surface area (Å²) in [6.45, 7) is 0. The van der Waals surface area contributed by atoms with Crippen LogP contribution in [0, 0.1) is 0 Å². The summed E-state index contributed by atoms with van der Waals surface area (Å²) in [4.78, 5) is 12.8. The number of carbonyl (C=O) groups excluding carboxylic acids is 1. The van der Waals surface area contributed by atoms with Crippen molar-refractivity contribution >= 4 is 40.1 Å². The Kier molecular flexibility index (Phi) is 4.07. The molecule has 1 aromatic carbocycles. The Bertz CT molecular complexity index is 547. The summed E-state index contributed by atoms with van der Waals surface area (Å²) in [7, 11) is 1.75. The molecular formula is C13H12N2OS2. The predicted molar refractivity (Wildman–Crippen MR) is 79.5 cm³/mol. The Balaban J connectivity index is 2.13. The molecule has 5 heteroatoms. The van der Waals surface area contributed by atoms with E-state index in [0.29, 0.717) is 10.7 Å². The number of hydrogen-bond donors (Lipinski definition) is 2. The molecule has 0 fully saturated rings. The molecule has 0 aliphatic heterocycles. The van der Waals surface area contributed by atoms with Gasteiger partial charge in [0.05, 0.1) is 4.88 Å². The minimum absolute atomic E-state index is 0.0488. The van der Waals surface area contributed by atoms with Crippen LogP contribution in [0.1, 0.15) is 15.2 Å². The molecule has 0 aliphatic rings. The molecule has 0 saturated heterocycles. The van der Waals surface area contributed by atoms with Gasteiger partial charge in [-0.25, -0.2) is 0 Å². The van der Waals surface area contributed by atoms with Crippen molar-refractivity contribution < 1.29 is 4.79 Å². The Labute approximate surface area is 115 Å². The zero-order chi connectivity index (χ0) is 13.0. The van der Waals surface area contributed by atoms with Gasteiger partial charge in [-0.15, -0.1) is 11.3 Å². The first-order chi connectivity index (χ1) is 8.70. The molecule has 0 radical (unpaired) electrons. The normalized spacial score (nSPS) is 9.83. The number of thiophene rings is 1. The third kappa shape index (κ3) is 2.94. The molecule has 3 nitrogen and oxygen atoms in total. The summed E-state index contributed by atoms with van der Waals surface area (Å²) in [5.41, 5.74) is 1.54. The van der Waals surface area contributed by atoms with Gasteiger partial charge in [-0.05, 0) is 47.9 Å². The Morgan fingerprint density at radius 3 is 2.50 bits per heavy atom. The first-order valence-electron chi connectivity index (χ1n) is 5.37. The van der Waals surface area contributed by atoms with Gasteiger partial charge in [0.1, 0.15) is 0 Å². The fourth-order valence-corrected chi connectivity index (χ4v) is 2.25. The molecule has 2 N–H and O–H groups in total. The molecule has 0 aliphatic carbocycles. The zero-order valence-electron chi connectivity index (χ0n) is 9.77. The molecule has 0 atom stereocenters. The van der Waals surface area contributed by atoms with Crippen molar-refractivity contribution in [2.45, 2.75) is 0 Å². The van der Waals surface area contributed by atoms with Gasteiger partial charge < -0.3 is 10.6 Å². The second-order valence-corrected chi connectivity index (χ2v) is 4.94. The number of hydrogen-bond acceptors (Lipinski definition) is 3. The van der Waals surface area contributed by atoms with Gasteiger partial charge in [-0.3, -0.25) is 4.79 Å². The van der Waals surface area contributed by atoms with Crippen molar-refractivity contribution in [3.63, 3.8) is 0 Å². The number of carbonyl (C=O) groups is 1. The van der Waals surface area contributed by atoms with E-state index in [1.807, 2.05) is 29.6 Å². The summed E-state index contributed by atoms with van der Waals surface area (Å²) in [5, 5.41) is 8.28. The highest BCUT2D eigenvalue weighted by Gasteiger charge is 2.09. The lowest BCUT2D eigenvalue weighted by Crippen LogP contribution is -2.24. The van der Waals surface area contributed by atoms with Gasteiger partial charge in [0.25, 0.3) is 0 Å². The van der Waals surface area contributed by atoms with Crippen molar-refractivity contribution in [1.82, 2.24) is 5.32 Å². The number of nitrogens with one attached hydrogen (secondary N) is 2. The van der Waals surface area contributed by atoms with E-state index in [1.54, 1.807) is 19.2 Å². The molecule has 18 heavy (non-hydrogen) atoms. The number of rotatable bonds is 3. The van der Waals surface area contributed by atoms with Crippen molar-refractivity contribution in [3.8, 4) is 0 Å². The van der Waals surface area contributed by atoms with Gasteiger partial charge in [0, 0.05) is 18.3 Å². The standard InChI is InChI=1S/C13H12N2OS2/c1-14-13(17)15-10-6-4-9(5-7-10)12(16)11-3-2-8-18-11/h2-8H,1H3,(H2,14,15,17). The summed E-state index contributed by atoms with van der Waals surface area (Å²) in [5.74, 6) is 0.0488. The molecule has 0 unspecified atom stereocenters. The van der Waals surface area contributed by atoms with Crippen molar-refractivity contribution in [2.24, 2.45) is 0 Å². The van der Waals surface area contributed by atoms with Gasteiger partial charge in [-0.1, -0.05) is 6.07 Å². The van der Waals surface area contributed by atoms with Crippen LogP contribution in [0.5, 0.6) is 0 Å². The van der Waals surface area contributed by atoms with E-state index in [1.165, 1.54) is 11.3 Å². The minimum atomic E-state index is 0.0488. The summed E-state index contributed by atoms with van der Waals surface area (Å²) >= 11 is 6.45. The largest absolute Gasteiger partial charge is 0.366 e. The predicted octanol–water partition coefficient (Wildman–Crippen LogP) is 2.90. The highest BCUT2D eigenvalue weighted by molar-refractivity contribution is 7.80. The van der Waals surface area contributed by atoms with Crippen LogP contribution in [0.15, 0.2) is 41.8 Å². The third-order valence-corrected chi connectivity index (χ3v) is 3.55. The molecule has 0 bridgehead atoms. The fourth-order valence-electron chi connectivity index (χ4n) is 1.45. The lowest BCUT2D eigenvalue weighted by atomic mass is 10.1. The van der Waals surface area contributed by atoms with Crippen LogP contribution in [0.2, 0.25) is 0 Å². The molecule has 2 rings (SSSR count). The Morgan fingerprint density at radius 1 is 1.22 bits per heavy atom. The number of anilines is 1. The van der Waals surface area contributed by atoms with Crippen LogP contribution in [0.3, 0.4) is 0 Å². The van der Waals surface area contributed by atoms with Crippen LogP contribution >= 0.6 is 23.6 Å². The fraction of sp³-hybridized carbons (Fsp3) is 0.0769. The quantitative estimate of drug-likeness (QED) is 0.668. The summed E-state index contributed by atoms with van der Waals surface area (Å²) < 4.78 is 0. The van der Waals surface area contributed by atoms with Gasteiger partial charge in [0.2, 0.25) is 5.78 Å². The van der Waals surface area contributed by atoms with Crippen molar-refractivity contribution in [2.75, 3.05) is 12.4 Å². The molecule has 2 aromatic rings. The molecule has 92 valence electrons. The molecule has 1 heterocycles. The highest BCUT2D eigenvalue weighted by Crippen LogP contribution is 2.17. The first-order valence-corrected chi connectivity index (χ1v) is 6.66. The monoisotopic (exact) mass is 276 g/mol. The summed E-state index contributed by atoms with van der Waals surface area (Å²) in [6.07, 6.45) is 0. The number of ketones is 1. The van der Waals surface area contributed by atoms with Gasteiger partial charge in [-0.2, -0.15) is 0 Å². The molecule has 0 spiro atoms. The van der Waals surface area contributed by atoms with Crippen LogP contribution < -0.4 is 10.6 Å². The zero-order valence-corrected chi connectivity index (χ0v) is 11.4. The lowest BCUT2D eigenvalue weighted by molar-refractivity contribution is 0.104. The molecular weight excluding hydrogens is 264 g/mol. The second-order valence-electron chi connectivity index (χ2n) is 3.59. The summed E-state index contributed by atoms with van der Waals surface area (Å²) in [6, 6.07) is 11.0. The number of thiocarbonyl (C=S) groups is 1. The Morgan fingerprint density at radius 2 is 1.94 bits per heavy atom. The van der Waals surface area contributed by atoms with E-state index in [4.69, 9.17) is 12.2 Å². The van der Waals surface area contributed by atoms with E-state index < -0.39 is 0 Å². The van der Waals surface area contributed by atoms with Crippen LogP contribution in [0.25, 0.3) is 0 Å². The molecule has 0 amide bonds. The highest BCUT2D eigenvalue weighted by atomic mass is 32.1. The average Bonchev–Trinajstić information content (AvgIpc) is 2.92. The van der Waals surface area contributed by atoms with Crippen LogP contribution in [-0.2, 0) is 0 Å². The van der Waals surface area contributed by atoms with Crippen molar-refractivity contribution in [3.05, 3.63) is 52.2 Å². The van der Waals surface area contributed by atoms with E-state index in [0.717, 1.165) is 10.6 Å². The lowest BCUT2D eigenvalue weighted by Gasteiger charge is -2.07. The molecule has 0 saturated carbocycles. The maximum Gasteiger partial charge on any atom is 0.202 e. The second kappa shape index (κ2) is 5.75. The smallest absolute Gasteiger partial charge is 0.202 e. The minimum Gasteiger partial charge on any atom is -0.366 e. The maximum atomic E-state index is 12.0. The van der Waals surface area contributed by atoms with Gasteiger partial charge in [0.15, 0.2) is 5.11 Å². The van der Waals surface area contributed by atoms with E-state index in [2.05, 4.69) is 10.6 Å². The van der Waals surface area contributed by atoms with Crippen molar-refractivity contribution in [1.29, 1.82) is 0 Å². The van der Waals surface area contributed by atoms with E-state index in [-0.39, 0.29) is 5.78 Å². The Hall–Kier alpha value is -1.72. The maximum absolute atomic E-state index is 12.0. The third-order valence-electron chi connectivity index (χ3n) is 2.38. The SMILES string of the molecule is CNC(=S)Nc1ccc(C(=O)c2cccs2)cc1. The van der Waals surface area contributed by atoms with E-state index in [9.17, 15) is 4.79 Å². The first kappa shape index (κ1) is 12.7. The van der Waals surface area contributed by atoms with Crippen LogP contribution in [-0.4, -0.2) is 17.9 Å². The van der Waals surface area contributed by atoms with Gasteiger partial charge >= 0.3 is 0 Å². The average molecular weight is 276 g/mol.